The molecule has 15 nitrogen and oxygen atoms in total. The molecule has 0 spiro atoms. The Morgan fingerprint density at radius 1 is 1.36 bits per heavy atom. The predicted octanol–water partition coefficient (Wildman–Crippen LogP) is -0.817. The molecule has 1 saturated heterocycles. The molecule has 45 heavy (non-hydrogen) atoms. The number of fused-ring (bicyclic) bond motifs is 2. The van der Waals surface area contributed by atoms with E-state index < -0.39 is 41.3 Å². The minimum Gasteiger partial charge on any atom is -0.543 e. The summed E-state index contributed by atoms with van der Waals surface area (Å²) >= 11 is 2.40. The monoisotopic (exact) mass is 656 g/mol. The standard InChI is InChI=1S/C28H32N8O7S2/c1-14(26(39)40)43-33-20(19-15(2)45-28(29)32-19)23(37)31-21-24(38)36-22(27(41)42)16(13-44-25(21)36)12-35-9-4-6-17-18(35)7-11-34(17)10-5-8-30-3/h4,6-7,9,11,14,21,25,30H,5,8,10,12-13H2,1-3H3,(H4-,29,31,32,37,39,40,41,42)/b33-20-/t14-,21+,25+/m0/s1. The predicted molar refractivity (Wildman–Crippen MR) is 164 cm³/mol. The number of hydrogen-bond acceptors (Lipinski definition) is 12. The zero-order valence-electron chi connectivity index (χ0n) is 24.7. The van der Waals surface area contributed by atoms with Crippen molar-refractivity contribution in [3.8, 4) is 0 Å². The number of nitrogens with zero attached hydrogens (tertiary/aromatic N) is 5. The Labute approximate surface area is 265 Å². The molecule has 0 aliphatic carbocycles. The number of nitrogens with two attached hydrogens (primary N) is 1. The second kappa shape index (κ2) is 13.3. The van der Waals surface area contributed by atoms with Crippen LogP contribution < -0.4 is 26.0 Å². The van der Waals surface area contributed by atoms with Crippen molar-refractivity contribution in [2.45, 2.75) is 50.9 Å². The first kappa shape index (κ1) is 31.9. The van der Waals surface area contributed by atoms with Crippen LogP contribution >= 0.6 is 23.1 Å². The van der Waals surface area contributed by atoms with Gasteiger partial charge in [-0.25, -0.2) is 9.78 Å². The van der Waals surface area contributed by atoms with Crippen LogP contribution in [0.1, 0.15) is 23.9 Å². The zero-order valence-corrected chi connectivity index (χ0v) is 26.3. The maximum absolute atomic E-state index is 13.4. The van der Waals surface area contributed by atoms with Crippen LogP contribution in [0.25, 0.3) is 11.0 Å². The molecule has 5 N–H and O–H groups in total. The van der Waals surface area contributed by atoms with Gasteiger partial charge in [-0.2, -0.15) is 4.57 Å². The molecule has 3 aromatic heterocycles. The zero-order chi connectivity index (χ0) is 32.4. The van der Waals surface area contributed by atoms with Gasteiger partial charge in [0.15, 0.2) is 23.6 Å². The Balaban J connectivity index is 1.36. The lowest BCUT2D eigenvalue weighted by molar-refractivity contribution is -0.663. The molecular weight excluding hydrogens is 624 g/mol. The summed E-state index contributed by atoms with van der Waals surface area (Å²) in [4.78, 5) is 61.1. The topological polar surface area (TPSA) is 208 Å². The number of aromatic nitrogens is 3. The molecule has 0 bridgehead atoms. The fraction of sp³-hybridized carbons (Fsp3) is 0.393. The van der Waals surface area contributed by atoms with Crippen LogP contribution in [0.2, 0.25) is 0 Å². The first-order valence-electron chi connectivity index (χ1n) is 14.0. The second-order valence-electron chi connectivity index (χ2n) is 10.5. The van der Waals surface area contributed by atoms with Gasteiger partial charge in [-0.3, -0.25) is 14.5 Å². The maximum Gasteiger partial charge on any atom is 0.347 e. The minimum absolute atomic E-state index is 0.0761. The summed E-state index contributed by atoms with van der Waals surface area (Å²) in [5.74, 6) is -4.00. The molecule has 0 saturated carbocycles. The highest BCUT2D eigenvalue weighted by molar-refractivity contribution is 8.00. The molecule has 3 aromatic rings. The van der Waals surface area contributed by atoms with Crippen molar-refractivity contribution in [2.75, 3.05) is 25.1 Å². The molecule has 238 valence electrons. The summed E-state index contributed by atoms with van der Waals surface area (Å²) in [5.41, 5.74) is 7.71. The first-order valence-corrected chi connectivity index (χ1v) is 15.9. The van der Waals surface area contributed by atoms with E-state index in [0.29, 0.717) is 10.5 Å². The van der Waals surface area contributed by atoms with E-state index in [-0.39, 0.29) is 34.5 Å². The smallest absolute Gasteiger partial charge is 0.347 e. The number of aliphatic carboxylic acids is 2. The number of hydrogen-bond donors (Lipinski definition) is 4. The van der Waals surface area contributed by atoms with Crippen molar-refractivity contribution in [1.29, 1.82) is 0 Å². The van der Waals surface area contributed by atoms with Crippen molar-refractivity contribution in [2.24, 2.45) is 5.16 Å². The van der Waals surface area contributed by atoms with E-state index in [9.17, 15) is 24.3 Å². The lowest BCUT2D eigenvalue weighted by Crippen LogP contribution is -2.71. The third-order valence-electron chi connectivity index (χ3n) is 7.43. The van der Waals surface area contributed by atoms with Gasteiger partial charge in [-0.05, 0) is 39.9 Å². The number of aryl methyl sites for hydroxylation is 2. The number of β-lactam (4-membered cyclic amide) rings is 1. The molecule has 0 radical (unpaired) electrons. The van der Waals surface area contributed by atoms with Crippen LogP contribution in [0.4, 0.5) is 5.13 Å². The van der Waals surface area contributed by atoms with Gasteiger partial charge in [0.05, 0.1) is 11.7 Å². The molecule has 2 aliphatic heterocycles. The molecule has 0 unspecified atom stereocenters. The van der Waals surface area contributed by atoms with Crippen LogP contribution in [0, 0.1) is 6.92 Å². The van der Waals surface area contributed by atoms with Gasteiger partial charge in [-0.1, -0.05) is 5.16 Å². The highest BCUT2D eigenvalue weighted by atomic mass is 32.2. The maximum atomic E-state index is 13.4. The van der Waals surface area contributed by atoms with E-state index in [1.165, 1.54) is 18.7 Å². The highest BCUT2D eigenvalue weighted by Gasteiger charge is 2.53. The van der Waals surface area contributed by atoms with Gasteiger partial charge >= 0.3 is 5.97 Å². The van der Waals surface area contributed by atoms with Crippen LogP contribution in [0.15, 0.2) is 47.0 Å². The number of nitrogen functional groups attached to an aromatic ring is 1. The number of amides is 2. The fourth-order valence-corrected chi connectivity index (χ4v) is 7.21. The lowest BCUT2D eigenvalue weighted by Gasteiger charge is -2.50. The fourth-order valence-electron chi connectivity index (χ4n) is 5.19. The van der Waals surface area contributed by atoms with Crippen LogP contribution in [0.3, 0.4) is 0 Å². The molecule has 3 atom stereocenters. The summed E-state index contributed by atoms with van der Waals surface area (Å²) in [7, 11) is 1.90. The number of thioether (sulfide) groups is 1. The van der Waals surface area contributed by atoms with Crippen molar-refractivity contribution < 1.29 is 38.8 Å². The van der Waals surface area contributed by atoms with Gasteiger partial charge in [0.2, 0.25) is 11.6 Å². The largest absolute Gasteiger partial charge is 0.543 e. The summed E-state index contributed by atoms with van der Waals surface area (Å²) in [6.45, 7) is 4.81. The lowest BCUT2D eigenvalue weighted by atomic mass is 10.0. The number of oxime groups is 1. The van der Waals surface area contributed by atoms with Crippen molar-refractivity contribution in [3.63, 3.8) is 0 Å². The minimum atomic E-state index is -1.49. The number of carbonyl (C=O) groups excluding carboxylic acids is 3. The first-order chi connectivity index (χ1) is 21.5. The number of anilines is 1. The van der Waals surface area contributed by atoms with Crippen LogP contribution in [-0.4, -0.2) is 85.9 Å². The Kier molecular flexibility index (Phi) is 9.40. The number of thiazole rings is 1. The van der Waals surface area contributed by atoms with Crippen molar-refractivity contribution in [3.05, 3.63) is 52.4 Å². The van der Waals surface area contributed by atoms with Crippen LogP contribution in [-0.2, 0) is 37.1 Å². The summed E-state index contributed by atoms with van der Waals surface area (Å²) in [5, 5.41) is 30.4. The third-order valence-corrected chi connectivity index (χ3v) is 9.57. The van der Waals surface area contributed by atoms with E-state index in [0.717, 1.165) is 46.8 Å². The summed E-state index contributed by atoms with van der Waals surface area (Å²) in [6, 6.07) is 4.79. The van der Waals surface area contributed by atoms with E-state index in [1.807, 2.05) is 42.2 Å². The van der Waals surface area contributed by atoms with Crippen molar-refractivity contribution in [1.82, 2.24) is 25.1 Å². The number of nitrogens with one attached hydrogen (secondary N) is 2. The van der Waals surface area contributed by atoms with Gasteiger partial charge in [0, 0.05) is 41.1 Å². The highest BCUT2D eigenvalue weighted by Crippen LogP contribution is 2.40. The number of carbonyl (C=O) groups is 4. The Bertz CT molecular complexity index is 1730. The van der Waals surface area contributed by atoms with Crippen molar-refractivity contribution >= 4 is 68.7 Å². The molecule has 5 heterocycles. The molecule has 5 rings (SSSR count). The van der Waals surface area contributed by atoms with E-state index >= 15 is 0 Å². The Hall–Kier alpha value is -4.48. The van der Waals surface area contributed by atoms with E-state index in [4.69, 9.17) is 15.7 Å². The Morgan fingerprint density at radius 3 is 2.80 bits per heavy atom. The molecule has 2 amide bonds. The number of carboxylic acid groups (broad SMARTS) is 2. The summed E-state index contributed by atoms with van der Waals surface area (Å²) in [6.07, 6.45) is 3.43. The summed E-state index contributed by atoms with van der Waals surface area (Å²) < 4.78 is 4.08. The van der Waals surface area contributed by atoms with Gasteiger partial charge in [0.25, 0.3) is 11.8 Å². The quantitative estimate of drug-likeness (QED) is 0.0588. The Morgan fingerprint density at radius 2 is 2.13 bits per heavy atom. The van der Waals surface area contributed by atoms with E-state index in [1.54, 1.807) is 6.92 Å². The number of rotatable bonds is 13. The number of carboxylic acids is 2. The van der Waals surface area contributed by atoms with Gasteiger partial charge < -0.3 is 40.8 Å². The molecule has 0 aromatic carbocycles. The van der Waals surface area contributed by atoms with Crippen LogP contribution in [0.5, 0.6) is 0 Å². The SMILES string of the molecule is CNCCCn1ccc2c1ccc[n+]2CC1=C(C(=O)[O-])N2C(=O)[C@@H](NC(=O)/C(=N\O[C@@H](C)C(=O)O)c3nc(N)sc3C)[C@H]2SC1. The molecule has 1 fully saturated rings. The normalized spacial score (nSPS) is 18.9. The molecule has 17 heteroatoms. The average Bonchev–Trinajstić information content (AvgIpc) is 3.57. The second-order valence-corrected chi connectivity index (χ2v) is 12.8. The van der Waals surface area contributed by atoms with Gasteiger partial charge in [-0.15, -0.1) is 23.1 Å². The molecule has 2 aliphatic rings. The van der Waals surface area contributed by atoms with Gasteiger partial charge in [0.1, 0.15) is 22.6 Å². The molecular formula is C28H32N8O7S2. The number of pyridine rings is 1. The average molecular weight is 657 g/mol. The van der Waals surface area contributed by atoms with E-state index in [2.05, 4.69) is 25.3 Å². The third kappa shape index (κ3) is 6.36.